The summed E-state index contributed by atoms with van der Waals surface area (Å²) < 4.78 is 18.1. The van der Waals surface area contributed by atoms with Crippen LogP contribution in [0.25, 0.3) is 0 Å². The Kier molecular flexibility index (Phi) is 4.21. The van der Waals surface area contributed by atoms with Crippen molar-refractivity contribution in [1.29, 1.82) is 0 Å². The highest BCUT2D eigenvalue weighted by molar-refractivity contribution is 6.18. The van der Waals surface area contributed by atoms with E-state index in [1.54, 1.807) is 6.07 Å². The van der Waals surface area contributed by atoms with Gasteiger partial charge in [-0.2, -0.15) is 0 Å². The highest BCUT2D eigenvalue weighted by atomic mass is 35.5. The first-order valence-corrected chi connectivity index (χ1v) is 5.09. The Morgan fingerprint density at radius 3 is 2.71 bits per heavy atom. The quantitative estimate of drug-likeness (QED) is 0.702. The van der Waals surface area contributed by atoms with Crippen LogP contribution in [0.3, 0.4) is 0 Å². The smallest absolute Gasteiger partial charge is 0.165 e. The van der Waals surface area contributed by atoms with Crippen molar-refractivity contribution in [2.75, 3.05) is 13.0 Å². The fourth-order valence-electron chi connectivity index (χ4n) is 1.29. The third-order valence-corrected chi connectivity index (χ3v) is 2.59. The highest BCUT2D eigenvalue weighted by Crippen LogP contribution is 2.19. The maximum atomic E-state index is 13.2. The zero-order valence-electron chi connectivity index (χ0n) is 8.39. The van der Waals surface area contributed by atoms with Crippen LogP contribution in [0.5, 0.6) is 5.75 Å². The largest absolute Gasteiger partial charge is 0.494 e. The number of methoxy groups -OCH3 is 1. The lowest BCUT2D eigenvalue weighted by Crippen LogP contribution is -2.01. The second-order valence-corrected chi connectivity index (χ2v) is 3.74. The van der Waals surface area contributed by atoms with Gasteiger partial charge in [0.2, 0.25) is 0 Å². The van der Waals surface area contributed by atoms with Crippen LogP contribution in [-0.4, -0.2) is 13.0 Å². The van der Waals surface area contributed by atoms with E-state index >= 15 is 0 Å². The third-order valence-electron chi connectivity index (χ3n) is 2.06. The summed E-state index contributed by atoms with van der Waals surface area (Å²) in [6, 6.07) is 5.01. The molecule has 0 amide bonds. The molecular weight excluding hydrogens is 203 g/mol. The summed E-state index contributed by atoms with van der Waals surface area (Å²) in [6.07, 6.45) is 0.796. The summed E-state index contributed by atoms with van der Waals surface area (Å²) in [5, 5.41) is 0. The second-order valence-electron chi connectivity index (χ2n) is 3.43. The molecule has 0 heterocycles. The first-order chi connectivity index (χ1) is 6.67. The molecule has 1 unspecified atom stereocenters. The molecule has 1 nitrogen and oxygen atoms in total. The zero-order valence-corrected chi connectivity index (χ0v) is 9.14. The van der Waals surface area contributed by atoms with Crippen molar-refractivity contribution in [3.05, 3.63) is 29.6 Å². The van der Waals surface area contributed by atoms with Gasteiger partial charge in [-0.05, 0) is 30.0 Å². The van der Waals surface area contributed by atoms with Gasteiger partial charge in [0.05, 0.1) is 7.11 Å². The van der Waals surface area contributed by atoms with Gasteiger partial charge in [0.1, 0.15) is 0 Å². The summed E-state index contributed by atoms with van der Waals surface area (Å²) >= 11 is 5.68. The van der Waals surface area contributed by atoms with Gasteiger partial charge >= 0.3 is 0 Å². The summed E-state index contributed by atoms with van der Waals surface area (Å²) in [6.45, 7) is 2.04. The minimum Gasteiger partial charge on any atom is -0.494 e. The molecule has 1 atom stereocenters. The molecule has 0 spiro atoms. The molecule has 1 rings (SSSR count). The third kappa shape index (κ3) is 2.88. The monoisotopic (exact) mass is 216 g/mol. The van der Waals surface area contributed by atoms with Gasteiger partial charge in [-0.25, -0.2) is 4.39 Å². The standard InChI is InChI=1S/C11H14ClFO/c1-8(7-12)5-9-3-4-11(14-2)10(13)6-9/h3-4,6,8H,5,7H2,1-2H3. The molecule has 0 N–H and O–H groups in total. The van der Waals surface area contributed by atoms with Crippen molar-refractivity contribution >= 4 is 11.6 Å². The fraction of sp³-hybridized carbons (Fsp3) is 0.455. The number of ether oxygens (including phenoxy) is 1. The van der Waals surface area contributed by atoms with Crippen molar-refractivity contribution in [3.8, 4) is 5.75 Å². The molecule has 0 saturated heterocycles. The van der Waals surface area contributed by atoms with E-state index in [0.717, 1.165) is 12.0 Å². The van der Waals surface area contributed by atoms with Crippen LogP contribution >= 0.6 is 11.6 Å². The molecule has 14 heavy (non-hydrogen) atoms. The number of alkyl halides is 1. The average molecular weight is 217 g/mol. The Bertz CT molecular complexity index is 301. The Morgan fingerprint density at radius 1 is 1.50 bits per heavy atom. The fourth-order valence-corrected chi connectivity index (χ4v) is 1.40. The molecule has 0 fully saturated rings. The maximum absolute atomic E-state index is 13.2. The van der Waals surface area contributed by atoms with E-state index in [4.69, 9.17) is 16.3 Å². The van der Waals surface area contributed by atoms with Crippen molar-refractivity contribution in [1.82, 2.24) is 0 Å². The molecule has 78 valence electrons. The molecule has 0 aliphatic rings. The normalized spacial score (nSPS) is 12.6. The van der Waals surface area contributed by atoms with Crippen LogP contribution in [0.1, 0.15) is 12.5 Å². The minimum absolute atomic E-state index is 0.285. The van der Waals surface area contributed by atoms with Crippen LogP contribution in [0, 0.1) is 11.7 Å². The van der Waals surface area contributed by atoms with E-state index in [-0.39, 0.29) is 11.6 Å². The highest BCUT2D eigenvalue weighted by Gasteiger charge is 2.06. The van der Waals surface area contributed by atoms with Crippen molar-refractivity contribution in [3.63, 3.8) is 0 Å². The van der Waals surface area contributed by atoms with Crippen molar-refractivity contribution in [2.45, 2.75) is 13.3 Å². The number of hydrogen-bond donors (Lipinski definition) is 0. The predicted octanol–water partition coefficient (Wildman–Crippen LogP) is 3.25. The average Bonchev–Trinajstić information content (AvgIpc) is 2.18. The summed E-state index contributed by atoms with van der Waals surface area (Å²) in [7, 11) is 1.46. The Labute approximate surface area is 88.8 Å². The molecule has 3 heteroatoms. The number of halogens is 2. The molecular formula is C11H14ClFO. The molecule has 0 radical (unpaired) electrons. The Hall–Kier alpha value is -0.760. The van der Waals surface area contributed by atoms with E-state index in [9.17, 15) is 4.39 Å². The minimum atomic E-state index is -0.313. The predicted molar refractivity (Wildman–Crippen MR) is 56.5 cm³/mol. The van der Waals surface area contributed by atoms with E-state index in [1.807, 2.05) is 13.0 Å². The Balaban J connectivity index is 2.76. The second kappa shape index (κ2) is 5.20. The van der Waals surface area contributed by atoms with Crippen molar-refractivity contribution < 1.29 is 9.13 Å². The number of benzene rings is 1. The topological polar surface area (TPSA) is 9.23 Å². The van der Waals surface area contributed by atoms with Crippen molar-refractivity contribution in [2.24, 2.45) is 5.92 Å². The van der Waals surface area contributed by atoms with Gasteiger partial charge in [0.15, 0.2) is 11.6 Å². The molecule has 0 aliphatic heterocycles. The van der Waals surface area contributed by atoms with E-state index in [0.29, 0.717) is 11.8 Å². The molecule has 1 aromatic rings. The van der Waals surface area contributed by atoms with Gasteiger partial charge in [-0.1, -0.05) is 13.0 Å². The first-order valence-electron chi connectivity index (χ1n) is 4.55. The van der Waals surface area contributed by atoms with E-state index in [1.165, 1.54) is 13.2 Å². The molecule has 0 saturated carbocycles. The van der Waals surface area contributed by atoms with Crippen LogP contribution < -0.4 is 4.74 Å². The number of rotatable bonds is 4. The van der Waals surface area contributed by atoms with Crippen LogP contribution in [0.15, 0.2) is 18.2 Å². The lowest BCUT2D eigenvalue weighted by atomic mass is 10.0. The molecule has 0 aromatic heterocycles. The zero-order chi connectivity index (χ0) is 10.6. The van der Waals surface area contributed by atoms with Gasteiger partial charge in [-0.15, -0.1) is 11.6 Å². The lowest BCUT2D eigenvalue weighted by Gasteiger charge is -2.08. The molecule has 0 bridgehead atoms. The van der Waals surface area contributed by atoms with Crippen LogP contribution in [0.4, 0.5) is 4.39 Å². The SMILES string of the molecule is COc1ccc(CC(C)CCl)cc1F. The first kappa shape index (κ1) is 11.3. The van der Waals surface area contributed by atoms with E-state index < -0.39 is 0 Å². The summed E-state index contributed by atoms with van der Waals surface area (Å²) in [5.74, 6) is 0.928. The van der Waals surface area contributed by atoms with E-state index in [2.05, 4.69) is 0 Å². The molecule has 1 aromatic carbocycles. The van der Waals surface area contributed by atoms with Crippen LogP contribution in [0.2, 0.25) is 0 Å². The van der Waals surface area contributed by atoms with Gasteiger partial charge in [-0.3, -0.25) is 0 Å². The van der Waals surface area contributed by atoms with Crippen LogP contribution in [-0.2, 0) is 6.42 Å². The van der Waals surface area contributed by atoms with Gasteiger partial charge < -0.3 is 4.74 Å². The van der Waals surface area contributed by atoms with Gasteiger partial charge in [0, 0.05) is 5.88 Å². The summed E-state index contributed by atoms with van der Waals surface area (Å²) in [5.41, 5.74) is 0.955. The maximum Gasteiger partial charge on any atom is 0.165 e. The Morgan fingerprint density at radius 2 is 2.21 bits per heavy atom. The molecule has 0 aliphatic carbocycles. The number of hydrogen-bond acceptors (Lipinski definition) is 1. The lowest BCUT2D eigenvalue weighted by molar-refractivity contribution is 0.386. The summed E-state index contributed by atoms with van der Waals surface area (Å²) in [4.78, 5) is 0. The van der Waals surface area contributed by atoms with Gasteiger partial charge in [0.25, 0.3) is 0 Å².